The molecule has 0 fully saturated rings. The van der Waals surface area contributed by atoms with Crippen LogP contribution in [0.4, 0.5) is 10.1 Å². The van der Waals surface area contributed by atoms with Crippen LogP contribution in [0.25, 0.3) is 0 Å². The Morgan fingerprint density at radius 2 is 1.69 bits per heavy atom. The van der Waals surface area contributed by atoms with Crippen LogP contribution in [0.15, 0.2) is 53.4 Å². The number of hydrogen-bond donors (Lipinski definition) is 1. The summed E-state index contributed by atoms with van der Waals surface area (Å²) in [5.74, 6) is -2.11. The maximum absolute atomic E-state index is 13.4. The molecule has 0 spiro atoms. The Labute approximate surface area is 150 Å². The zero-order valence-corrected chi connectivity index (χ0v) is 14.9. The highest BCUT2D eigenvalue weighted by Gasteiger charge is 2.18. The molecule has 0 aliphatic rings. The van der Waals surface area contributed by atoms with Crippen LogP contribution in [-0.2, 0) is 19.6 Å². The number of ether oxygens (including phenoxy) is 1. The van der Waals surface area contributed by atoms with Crippen LogP contribution < -0.4 is 5.32 Å². The van der Waals surface area contributed by atoms with Crippen molar-refractivity contribution in [2.24, 2.45) is 0 Å². The lowest BCUT2D eigenvalue weighted by molar-refractivity contribution is -0.119. The van der Waals surface area contributed by atoms with Gasteiger partial charge in [-0.1, -0.05) is 12.1 Å². The minimum atomic E-state index is -3.60. The number of nitrogens with zero attached hydrogens (tertiary/aromatic N) is 1. The number of nitrogens with one attached hydrogen (secondary N) is 1. The van der Waals surface area contributed by atoms with Crippen molar-refractivity contribution in [3.63, 3.8) is 0 Å². The van der Waals surface area contributed by atoms with E-state index in [4.69, 9.17) is 4.74 Å². The number of anilines is 1. The number of carbonyl (C=O) groups is 2. The normalized spacial score (nSPS) is 11.2. The zero-order valence-electron chi connectivity index (χ0n) is 14.1. The molecule has 0 aromatic heterocycles. The second-order valence-corrected chi connectivity index (χ2v) is 7.57. The average Bonchev–Trinajstić information content (AvgIpc) is 2.61. The van der Waals surface area contributed by atoms with E-state index in [-0.39, 0.29) is 16.1 Å². The Bertz CT molecular complexity index is 911. The van der Waals surface area contributed by atoms with Gasteiger partial charge in [0.2, 0.25) is 10.0 Å². The van der Waals surface area contributed by atoms with Gasteiger partial charge in [0.25, 0.3) is 5.91 Å². The van der Waals surface area contributed by atoms with E-state index in [9.17, 15) is 22.4 Å². The highest BCUT2D eigenvalue weighted by molar-refractivity contribution is 7.89. The SMILES string of the molecule is CN(C)S(=O)(=O)c1ccc(C(=O)OCC(=O)Nc2ccccc2F)cc1. The largest absolute Gasteiger partial charge is 0.452 e. The summed E-state index contributed by atoms with van der Waals surface area (Å²) in [5.41, 5.74) is 0.0631. The van der Waals surface area contributed by atoms with Crippen molar-refractivity contribution < 1.29 is 27.1 Å². The quantitative estimate of drug-likeness (QED) is 0.773. The van der Waals surface area contributed by atoms with E-state index in [0.29, 0.717) is 0 Å². The molecule has 7 nitrogen and oxygen atoms in total. The first-order valence-corrected chi connectivity index (χ1v) is 8.90. The number of halogens is 1. The summed E-state index contributed by atoms with van der Waals surface area (Å²) < 4.78 is 43.2. The number of benzene rings is 2. The number of hydrogen-bond acceptors (Lipinski definition) is 5. The van der Waals surface area contributed by atoms with Crippen molar-refractivity contribution in [3.05, 3.63) is 59.9 Å². The standard InChI is InChI=1S/C17H17FN2O5S/c1-20(2)26(23,24)13-9-7-12(8-10-13)17(22)25-11-16(21)19-15-6-4-3-5-14(15)18/h3-10H,11H2,1-2H3,(H,19,21). The lowest BCUT2D eigenvalue weighted by Crippen LogP contribution is -2.22. The van der Waals surface area contributed by atoms with Crippen molar-refractivity contribution in [2.75, 3.05) is 26.0 Å². The molecule has 1 amide bonds. The molecule has 0 aliphatic heterocycles. The molecular formula is C17H17FN2O5S. The molecule has 0 saturated carbocycles. The van der Waals surface area contributed by atoms with Gasteiger partial charge in [0.15, 0.2) is 6.61 Å². The molecule has 0 unspecified atom stereocenters. The van der Waals surface area contributed by atoms with Gasteiger partial charge in [-0.25, -0.2) is 21.9 Å². The second-order valence-electron chi connectivity index (χ2n) is 5.42. The van der Waals surface area contributed by atoms with Gasteiger partial charge in [-0.05, 0) is 36.4 Å². The molecule has 9 heteroatoms. The molecule has 0 saturated heterocycles. The predicted octanol–water partition coefficient (Wildman–Crippen LogP) is 1.87. The van der Waals surface area contributed by atoms with Gasteiger partial charge < -0.3 is 10.1 Å². The molecule has 0 aliphatic carbocycles. The summed E-state index contributed by atoms with van der Waals surface area (Å²) in [4.78, 5) is 23.7. The lowest BCUT2D eigenvalue weighted by Gasteiger charge is -2.11. The molecular weight excluding hydrogens is 363 g/mol. The van der Waals surface area contributed by atoms with Crippen molar-refractivity contribution in [1.82, 2.24) is 4.31 Å². The third-order valence-corrected chi connectivity index (χ3v) is 5.18. The third-order valence-electron chi connectivity index (χ3n) is 3.35. The monoisotopic (exact) mass is 380 g/mol. The van der Waals surface area contributed by atoms with E-state index in [2.05, 4.69) is 5.32 Å². The Morgan fingerprint density at radius 1 is 1.08 bits per heavy atom. The van der Waals surface area contributed by atoms with Crippen LogP contribution in [0.5, 0.6) is 0 Å². The molecule has 138 valence electrons. The second kappa shape index (κ2) is 8.07. The minimum Gasteiger partial charge on any atom is -0.452 e. The molecule has 0 atom stereocenters. The average molecular weight is 380 g/mol. The topological polar surface area (TPSA) is 92.8 Å². The molecule has 0 heterocycles. The number of rotatable bonds is 6. The van der Waals surface area contributed by atoms with Crippen molar-refractivity contribution in [1.29, 1.82) is 0 Å². The van der Waals surface area contributed by atoms with Gasteiger partial charge in [0.05, 0.1) is 16.1 Å². The fraction of sp³-hybridized carbons (Fsp3) is 0.176. The van der Waals surface area contributed by atoms with Crippen LogP contribution in [0.2, 0.25) is 0 Å². The summed E-state index contributed by atoms with van der Waals surface area (Å²) in [6.45, 7) is -0.606. The fourth-order valence-corrected chi connectivity index (χ4v) is 2.84. The maximum Gasteiger partial charge on any atom is 0.338 e. The van der Waals surface area contributed by atoms with Crippen LogP contribution in [-0.4, -0.2) is 45.3 Å². The lowest BCUT2D eigenvalue weighted by atomic mass is 10.2. The van der Waals surface area contributed by atoms with E-state index in [1.165, 1.54) is 56.6 Å². The van der Waals surface area contributed by atoms with Crippen molar-refractivity contribution in [2.45, 2.75) is 4.90 Å². The van der Waals surface area contributed by atoms with E-state index >= 15 is 0 Å². The molecule has 0 radical (unpaired) electrons. The first kappa shape index (κ1) is 19.5. The molecule has 2 rings (SSSR count). The molecule has 26 heavy (non-hydrogen) atoms. The van der Waals surface area contributed by atoms with Crippen LogP contribution >= 0.6 is 0 Å². The summed E-state index contributed by atoms with van der Waals surface area (Å²) in [7, 11) is -0.813. The number of sulfonamides is 1. The van der Waals surface area contributed by atoms with Gasteiger partial charge in [0.1, 0.15) is 5.82 Å². The van der Waals surface area contributed by atoms with Crippen LogP contribution in [0, 0.1) is 5.82 Å². The molecule has 0 bridgehead atoms. The van der Waals surface area contributed by atoms with Gasteiger partial charge in [-0.15, -0.1) is 0 Å². The Morgan fingerprint density at radius 3 is 2.27 bits per heavy atom. The third kappa shape index (κ3) is 4.64. The van der Waals surface area contributed by atoms with Crippen LogP contribution in [0.3, 0.4) is 0 Å². The van der Waals surface area contributed by atoms with E-state index in [0.717, 1.165) is 4.31 Å². The van der Waals surface area contributed by atoms with Crippen molar-refractivity contribution in [3.8, 4) is 0 Å². The van der Waals surface area contributed by atoms with Crippen LogP contribution in [0.1, 0.15) is 10.4 Å². The smallest absolute Gasteiger partial charge is 0.338 e. The van der Waals surface area contributed by atoms with E-state index in [1.54, 1.807) is 6.07 Å². The summed E-state index contributed by atoms with van der Waals surface area (Å²) in [6.07, 6.45) is 0. The molecule has 1 N–H and O–H groups in total. The summed E-state index contributed by atoms with van der Waals surface area (Å²) >= 11 is 0. The van der Waals surface area contributed by atoms with Gasteiger partial charge in [-0.3, -0.25) is 4.79 Å². The first-order chi connectivity index (χ1) is 12.2. The highest BCUT2D eigenvalue weighted by atomic mass is 32.2. The zero-order chi connectivity index (χ0) is 19.3. The number of para-hydroxylation sites is 1. The summed E-state index contributed by atoms with van der Waals surface area (Å²) in [5, 5.41) is 2.28. The fourth-order valence-electron chi connectivity index (χ4n) is 1.94. The van der Waals surface area contributed by atoms with E-state index in [1.807, 2.05) is 0 Å². The summed E-state index contributed by atoms with van der Waals surface area (Å²) in [6, 6.07) is 10.7. The number of amides is 1. The molecule has 2 aromatic rings. The van der Waals surface area contributed by atoms with Gasteiger partial charge >= 0.3 is 5.97 Å². The molecule has 2 aromatic carbocycles. The van der Waals surface area contributed by atoms with Crippen molar-refractivity contribution >= 4 is 27.6 Å². The highest BCUT2D eigenvalue weighted by Crippen LogP contribution is 2.15. The van der Waals surface area contributed by atoms with Gasteiger partial charge in [-0.2, -0.15) is 0 Å². The number of esters is 1. The Balaban J connectivity index is 1.96. The Hall–Kier alpha value is -2.78. The minimum absolute atomic E-state index is 0.0215. The number of carbonyl (C=O) groups excluding carboxylic acids is 2. The predicted molar refractivity (Wildman–Crippen MR) is 92.6 cm³/mol. The Kier molecular flexibility index (Phi) is 6.06. The first-order valence-electron chi connectivity index (χ1n) is 7.46. The van der Waals surface area contributed by atoms with E-state index < -0.39 is 34.3 Å². The maximum atomic E-state index is 13.4. The van der Waals surface area contributed by atoms with Gasteiger partial charge in [0, 0.05) is 14.1 Å².